The molecule has 1 fully saturated rings. The molecule has 0 aromatic heterocycles. The number of aliphatic carboxylic acids is 1. The van der Waals surface area contributed by atoms with Crippen LogP contribution in [0.1, 0.15) is 24.1 Å². The number of benzene rings is 2. The summed E-state index contributed by atoms with van der Waals surface area (Å²) in [6.07, 6.45) is 0. The van der Waals surface area contributed by atoms with Gasteiger partial charge in [-0.1, -0.05) is 54.1 Å². The average Bonchev–Trinajstić information content (AvgIpc) is 2.46. The van der Waals surface area contributed by atoms with Gasteiger partial charge in [0.05, 0.1) is 5.92 Å². The molecular weight excluding hydrogens is 274 g/mol. The van der Waals surface area contributed by atoms with Gasteiger partial charge >= 0.3 is 5.97 Å². The van der Waals surface area contributed by atoms with E-state index < -0.39 is 5.97 Å². The molecule has 2 aromatic rings. The molecule has 0 radical (unpaired) electrons. The maximum Gasteiger partial charge on any atom is 0.309 e. The van der Waals surface area contributed by atoms with Gasteiger partial charge < -0.3 is 5.11 Å². The highest BCUT2D eigenvalue weighted by Crippen LogP contribution is 2.30. The third-order valence-electron chi connectivity index (χ3n) is 4.58. The number of hydrogen-bond acceptors (Lipinski definition) is 2. The number of nitrogens with zero attached hydrogens (tertiary/aromatic N) is 1. The summed E-state index contributed by atoms with van der Waals surface area (Å²) < 4.78 is 0. The van der Waals surface area contributed by atoms with Crippen molar-refractivity contribution in [2.45, 2.75) is 19.9 Å². The Morgan fingerprint density at radius 1 is 1.05 bits per heavy atom. The largest absolute Gasteiger partial charge is 0.481 e. The Balaban J connectivity index is 1.69. The summed E-state index contributed by atoms with van der Waals surface area (Å²) in [6.45, 7) is 5.53. The van der Waals surface area contributed by atoms with Gasteiger partial charge in [0.15, 0.2) is 0 Å². The van der Waals surface area contributed by atoms with Crippen LogP contribution < -0.4 is 0 Å². The van der Waals surface area contributed by atoms with Crippen LogP contribution in [0.2, 0.25) is 0 Å². The zero-order chi connectivity index (χ0) is 15.7. The molecule has 1 atom stereocenters. The van der Waals surface area contributed by atoms with E-state index in [0.717, 1.165) is 0 Å². The predicted octanol–water partition coefficient (Wildman–Crippen LogP) is 3.74. The van der Waals surface area contributed by atoms with Gasteiger partial charge in [-0.25, -0.2) is 0 Å². The maximum absolute atomic E-state index is 10.9. The number of aryl methyl sites for hydroxylation is 1. The van der Waals surface area contributed by atoms with Gasteiger partial charge in [0.2, 0.25) is 0 Å². The number of likely N-dealkylation sites (tertiary alicyclic amines) is 1. The minimum atomic E-state index is -0.682. The first-order valence-corrected chi connectivity index (χ1v) is 7.68. The van der Waals surface area contributed by atoms with Crippen molar-refractivity contribution < 1.29 is 9.90 Å². The van der Waals surface area contributed by atoms with Crippen LogP contribution >= 0.6 is 0 Å². The van der Waals surface area contributed by atoms with E-state index >= 15 is 0 Å². The smallest absolute Gasteiger partial charge is 0.309 e. The van der Waals surface area contributed by atoms with Gasteiger partial charge in [-0.2, -0.15) is 0 Å². The Bertz CT molecular complexity index is 655. The van der Waals surface area contributed by atoms with Crippen molar-refractivity contribution in [3.63, 3.8) is 0 Å². The van der Waals surface area contributed by atoms with E-state index in [2.05, 4.69) is 67.3 Å². The normalized spacial score (nSPS) is 17.0. The topological polar surface area (TPSA) is 40.5 Å². The Morgan fingerprint density at radius 2 is 1.55 bits per heavy atom. The molecular formula is C19H21NO2. The molecule has 1 aliphatic rings. The maximum atomic E-state index is 10.9. The Labute approximate surface area is 131 Å². The van der Waals surface area contributed by atoms with Crippen LogP contribution in [0, 0.1) is 12.8 Å². The lowest BCUT2D eigenvalue weighted by atomic mass is 9.94. The molecule has 114 valence electrons. The third kappa shape index (κ3) is 2.90. The van der Waals surface area contributed by atoms with Crippen LogP contribution in [0.4, 0.5) is 0 Å². The monoisotopic (exact) mass is 295 g/mol. The quantitative estimate of drug-likeness (QED) is 0.934. The average molecular weight is 295 g/mol. The number of hydrogen-bond donors (Lipinski definition) is 1. The molecule has 1 aliphatic heterocycles. The van der Waals surface area contributed by atoms with Crippen molar-refractivity contribution in [3.05, 3.63) is 59.7 Å². The molecule has 0 bridgehead atoms. The molecule has 0 saturated carbocycles. The summed E-state index contributed by atoms with van der Waals surface area (Å²) >= 11 is 0. The fraction of sp³-hybridized carbons (Fsp3) is 0.316. The summed E-state index contributed by atoms with van der Waals surface area (Å²) in [5, 5.41) is 8.96. The van der Waals surface area contributed by atoms with E-state index in [9.17, 15) is 4.79 Å². The van der Waals surface area contributed by atoms with Crippen molar-refractivity contribution in [1.29, 1.82) is 0 Å². The van der Waals surface area contributed by atoms with Gasteiger partial charge in [0.25, 0.3) is 0 Å². The van der Waals surface area contributed by atoms with Gasteiger partial charge in [-0.15, -0.1) is 0 Å². The molecule has 2 aromatic carbocycles. The number of carboxylic acids is 1. The van der Waals surface area contributed by atoms with Crippen LogP contribution in [0.15, 0.2) is 48.5 Å². The number of carboxylic acid groups (broad SMARTS) is 1. The van der Waals surface area contributed by atoms with E-state index in [-0.39, 0.29) is 12.0 Å². The van der Waals surface area contributed by atoms with Gasteiger partial charge in [-0.3, -0.25) is 9.69 Å². The van der Waals surface area contributed by atoms with Crippen LogP contribution in [-0.4, -0.2) is 29.1 Å². The van der Waals surface area contributed by atoms with Gasteiger partial charge in [0, 0.05) is 19.1 Å². The van der Waals surface area contributed by atoms with E-state index in [1.807, 2.05) is 0 Å². The number of carbonyl (C=O) groups is 1. The van der Waals surface area contributed by atoms with Gasteiger partial charge in [0.1, 0.15) is 0 Å². The fourth-order valence-electron chi connectivity index (χ4n) is 2.90. The first-order chi connectivity index (χ1) is 10.5. The molecule has 0 aliphatic carbocycles. The van der Waals surface area contributed by atoms with Crippen molar-refractivity contribution in [2.75, 3.05) is 13.1 Å². The third-order valence-corrected chi connectivity index (χ3v) is 4.58. The lowest BCUT2D eigenvalue weighted by Gasteiger charge is -2.41. The standard InChI is InChI=1S/C19H21NO2/c1-13-3-5-16(6-4-13)17-9-7-15(8-10-17)14(2)20-11-18(12-20)19(21)22/h3-10,14,18H,11-12H2,1-2H3,(H,21,22). The first-order valence-electron chi connectivity index (χ1n) is 7.68. The lowest BCUT2D eigenvalue weighted by Crippen LogP contribution is -2.51. The second-order valence-corrected chi connectivity index (χ2v) is 6.15. The highest BCUT2D eigenvalue weighted by molar-refractivity contribution is 5.71. The SMILES string of the molecule is Cc1ccc(-c2ccc(C(C)N3CC(C(=O)O)C3)cc2)cc1. The minimum absolute atomic E-state index is 0.200. The second-order valence-electron chi connectivity index (χ2n) is 6.15. The summed E-state index contributed by atoms with van der Waals surface area (Å²) in [4.78, 5) is 13.1. The second kappa shape index (κ2) is 5.93. The summed E-state index contributed by atoms with van der Waals surface area (Å²) in [6, 6.07) is 17.4. The van der Waals surface area contributed by atoms with Crippen LogP contribution in [0.3, 0.4) is 0 Å². The van der Waals surface area contributed by atoms with Crippen molar-refractivity contribution in [1.82, 2.24) is 4.90 Å². The molecule has 3 rings (SSSR count). The summed E-state index contributed by atoms with van der Waals surface area (Å²) in [5.41, 5.74) is 4.93. The van der Waals surface area contributed by atoms with Crippen LogP contribution in [-0.2, 0) is 4.79 Å². The van der Waals surface area contributed by atoms with E-state index in [4.69, 9.17) is 5.11 Å². The summed E-state index contributed by atoms with van der Waals surface area (Å²) in [7, 11) is 0. The molecule has 3 nitrogen and oxygen atoms in total. The molecule has 1 heterocycles. The molecule has 0 amide bonds. The molecule has 1 N–H and O–H groups in total. The Morgan fingerprint density at radius 3 is 2.05 bits per heavy atom. The Hall–Kier alpha value is -2.13. The molecule has 22 heavy (non-hydrogen) atoms. The molecule has 1 saturated heterocycles. The zero-order valence-corrected chi connectivity index (χ0v) is 13.0. The molecule has 3 heteroatoms. The van der Waals surface area contributed by atoms with E-state index in [0.29, 0.717) is 13.1 Å². The first kappa shape index (κ1) is 14.8. The molecule has 1 unspecified atom stereocenters. The Kier molecular flexibility index (Phi) is 3.99. The molecule has 0 spiro atoms. The highest BCUT2D eigenvalue weighted by atomic mass is 16.4. The fourth-order valence-corrected chi connectivity index (χ4v) is 2.90. The summed E-state index contributed by atoms with van der Waals surface area (Å²) in [5.74, 6) is -0.882. The van der Waals surface area contributed by atoms with Crippen molar-refractivity contribution >= 4 is 5.97 Å². The predicted molar refractivity (Wildman–Crippen MR) is 87.7 cm³/mol. The van der Waals surface area contributed by atoms with Crippen LogP contribution in [0.5, 0.6) is 0 Å². The van der Waals surface area contributed by atoms with E-state index in [1.165, 1.54) is 22.3 Å². The van der Waals surface area contributed by atoms with Crippen molar-refractivity contribution in [3.8, 4) is 11.1 Å². The minimum Gasteiger partial charge on any atom is -0.481 e. The van der Waals surface area contributed by atoms with Crippen molar-refractivity contribution in [2.24, 2.45) is 5.92 Å². The van der Waals surface area contributed by atoms with Crippen LogP contribution in [0.25, 0.3) is 11.1 Å². The lowest BCUT2D eigenvalue weighted by molar-refractivity contribution is -0.148. The van der Waals surface area contributed by atoms with E-state index in [1.54, 1.807) is 0 Å². The zero-order valence-electron chi connectivity index (χ0n) is 13.0. The number of rotatable bonds is 4. The van der Waals surface area contributed by atoms with Gasteiger partial charge in [-0.05, 0) is 30.5 Å². The highest BCUT2D eigenvalue weighted by Gasteiger charge is 2.35.